The number of ketones is 1. The third-order valence-electron chi connectivity index (χ3n) is 4.87. The highest BCUT2D eigenvalue weighted by Crippen LogP contribution is 2.48. The summed E-state index contributed by atoms with van der Waals surface area (Å²) in [5.74, 6) is 1.37. The lowest BCUT2D eigenvalue weighted by molar-refractivity contribution is -0.123. The first kappa shape index (κ1) is 12.3. The summed E-state index contributed by atoms with van der Waals surface area (Å²) in [5, 5.41) is 0.248. The summed E-state index contributed by atoms with van der Waals surface area (Å²) in [5.41, 5.74) is 0. The molecule has 2 saturated carbocycles. The van der Waals surface area contributed by atoms with Crippen LogP contribution in [0.5, 0.6) is 0 Å². The predicted molar refractivity (Wildman–Crippen MR) is 67.9 cm³/mol. The van der Waals surface area contributed by atoms with Crippen LogP contribution in [0.15, 0.2) is 0 Å². The van der Waals surface area contributed by atoms with E-state index in [0.29, 0.717) is 24.0 Å². The molecule has 0 bridgehead atoms. The molecule has 3 atom stereocenters. The SMILES string of the molecule is CC(C)(C)[Si](C)(C)O[C@H]1CC(=O)[C@@H]2CC[C@H]12. The van der Waals surface area contributed by atoms with Gasteiger partial charge in [-0.05, 0) is 36.9 Å². The summed E-state index contributed by atoms with van der Waals surface area (Å²) in [6.07, 6.45) is 3.24. The smallest absolute Gasteiger partial charge is 0.192 e. The topological polar surface area (TPSA) is 26.3 Å². The molecule has 0 aromatic heterocycles. The standard InChI is InChI=1S/C13H24O2Si/c1-13(2,3)16(4,5)15-12-8-11(14)9-6-7-10(9)12/h9-10,12H,6-8H2,1-5H3/t9-,10+,12+/m1/s1. The number of hydrogen-bond acceptors (Lipinski definition) is 2. The van der Waals surface area contributed by atoms with E-state index in [4.69, 9.17) is 4.43 Å². The van der Waals surface area contributed by atoms with Crippen molar-refractivity contribution in [3.05, 3.63) is 0 Å². The summed E-state index contributed by atoms with van der Waals surface area (Å²) in [6, 6.07) is 0. The van der Waals surface area contributed by atoms with Gasteiger partial charge in [0.15, 0.2) is 8.32 Å². The van der Waals surface area contributed by atoms with Crippen LogP contribution in [0.2, 0.25) is 18.1 Å². The number of Topliss-reactive ketones (excluding diaryl/α,β-unsaturated/α-hetero) is 1. The lowest BCUT2D eigenvalue weighted by Crippen LogP contribution is -2.46. The molecule has 0 saturated heterocycles. The molecule has 0 spiro atoms. The van der Waals surface area contributed by atoms with E-state index in [1.54, 1.807) is 0 Å². The summed E-state index contributed by atoms with van der Waals surface area (Å²) in [7, 11) is -1.69. The first-order valence-electron chi connectivity index (χ1n) is 6.43. The minimum atomic E-state index is -1.69. The number of rotatable bonds is 2. The average Bonchev–Trinajstić information content (AvgIpc) is 2.15. The van der Waals surface area contributed by atoms with Crippen molar-refractivity contribution in [3.63, 3.8) is 0 Å². The van der Waals surface area contributed by atoms with Crippen LogP contribution in [0, 0.1) is 11.8 Å². The fourth-order valence-corrected chi connectivity index (χ4v) is 3.92. The number of hydrogen-bond donors (Lipinski definition) is 0. The summed E-state index contributed by atoms with van der Waals surface area (Å²) in [4.78, 5) is 11.7. The van der Waals surface area contributed by atoms with Crippen molar-refractivity contribution in [2.24, 2.45) is 11.8 Å². The van der Waals surface area contributed by atoms with E-state index in [1.165, 1.54) is 6.42 Å². The first-order valence-corrected chi connectivity index (χ1v) is 9.34. The largest absolute Gasteiger partial charge is 0.413 e. The van der Waals surface area contributed by atoms with E-state index in [9.17, 15) is 4.79 Å². The van der Waals surface area contributed by atoms with Crippen molar-refractivity contribution >= 4 is 14.1 Å². The van der Waals surface area contributed by atoms with Crippen molar-refractivity contribution in [1.29, 1.82) is 0 Å². The van der Waals surface area contributed by atoms with Crippen LogP contribution in [0.4, 0.5) is 0 Å². The minimum Gasteiger partial charge on any atom is -0.413 e. The molecular formula is C13H24O2Si. The Morgan fingerprint density at radius 2 is 1.88 bits per heavy atom. The molecule has 0 aromatic rings. The lowest BCUT2D eigenvalue weighted by atomic mass is 9.75. The molecule has 2 aliphatic rings. The molecule has 2 nitrogen and oxygen atoms in total. The second-order valence-corrected chi connectivity index (χ2v) is 11.7. The number of fused-ring (bicyclic) bond motifs is 1. The van der Waals surface area contributed by atoms with E-state index in [-0.39, 0.29) is 11.1 Å². The van der Waals surface area contributed by atoms with Crippen LogP contribution in [0.3, 0.4) is 0 Å². The highest BCUT2D eigenvalue weighted by Gasteiger charge is 2.51. The summed E-state index contributed by atoms with van der Waals surface area (Å²) >= 11 is 0. The Balaban J connectivity index is 2.03. The summed E-state index contributed by atoms with van der Waals surface area (Å²) < 4.78 is 6.39. The van der Waals surface area contributed by atoms with Crippen LogP contribution in [-0.4, -0.2) is 20.2 Å². The van der Waals surface area contributed by atoms with Gasteiger partial charge in [0.1, 0.15) is 5.78 Å². The van der Waals surface area contributed by atoms with Gasteiger partial charge in [-0.3, -0.25) is 4.79 Å². The summed E-state index contributed by atoms with van der Waals surface area (Å²) in [6.45, 7) is 11.3. The number of carbonyl (C=O) groups excluding carboxylic acids is 1. The predicted octanol–water partition coefficient (Wildman–Crippen LogP) is 3.38. The molecule has 2 rings (SSSR count). The minimum absolute atomic E-state index is 0.243. The molecule has 2 aliphatic carbocycles. The zero-order valence-electron chi connectivity index (χ0n) is 11.2. The van der Waals surface area contributed by atoms with Crippen LogP contribution >= 0.6 is 0 Å². The Kier molecular flexibility index (Phi) is 2.82. The second kappa shape index (κ2) is 3.67. The first-order chi connectivity index (χ1) is 7.22. The molecular weight excluding hydrogens is 216 g/mol. The maximum Gasteiger partial charge on any atom is 0.192 e. The molecule has 3 heteroatoms. The normalized spacial score (nSPS) is 34.8. The molecule has 0 aromatic carbocycles. The quantitative estimate of drug-likeness (QED) is 0.692. The van der Waals surface area contributed by atoms with Crippen LogP contribution in [0.1, 0.15) is 40.0 Å². The van der Waals surface area contributed by atoms with Crippen LogP contribution in [-0.2, 0) is 9.22 Å². The zero-order valence-corrected chi connectivity index (χ0v) is 12.2. The molecule has 0 N–H and O–H groups in total. The molecule has 16 heavy (non-hydrogen) atoms. The second-order valence-electron chi connectivity index (χ2n) is 6.93. The van der Waals surface area contributed by atoms with Gasteiger partial charge in [0.25, 0.3) is 0 Å². The van der Waals surface area contributed by atoms with Crippen molar-refractivity contribution in [2.45, 2.75) is 64.3 Å². The molecule has 0 heterocycles. The Labute approximate surface area is 99.9 Å². The molecule has 92 valence electrons. The maximum absolute atomic E-state index is 11.7. The van der Waals surface area contributed by atoms with Gasteiger partial charge in [-0.1, -0.05) is 20.8 Å². The average molecular weight is 240 g/mol. The zero-order chi connectivity index (χ0) is 12.1. The Hall–Kier alpha value is -0.153. The maximum atomic E-state index is 11.7. The van der Waals surface area contributed by atoms with Gasteiger partial charge in [0, 0.05) is 12.3 Å². The molecule has 0 amide bonds. The molecule has 0 unspecified atom stereocenters. The van der Waals surface area contributed by atoms with E-state index in [2.05, 4.69) is 33.9 Å². The monoisotopic (exact) mass is 240 g/mol. The van der Waals surface area contributed by atoms with Gasteiger partial charge in [-0.2, -0.15) is 0 Å². The van der Waals surface area contributed by atoms with E-state index in [0.717, 1.165) is 6.42 Å². The fourth-order valence-electron chi connectivity index (χ4n) is 2.56. The van der Waals surface area contributed by atoms with Gasteiger partial charge < -0.3 is 4.43 Å². The van der Waals surface area contributed by atoms with Gasteiger partial charge in [-0.25, -0.2) is 0 Å². The van der Waals surface area contributed by atoms with E-state index in [1.807, 2.05) is 0 Å². The molecule has 0 radical (unpaired) electrons. The van der Waals surface area contributed by atoms with Gasteiger partial charge in [-0.15, -0.1) is 0 Å². The lowest BCUT2D eigenvalue weighted by Gasteiger charge is -2.42. The van der Waals surface area contributed by atoms with Crippen molar-refractivity contribution < 1.29 is 9.22 Å². The molecule has 0 aliphatic heterocycles. The third kappa shape index (κ3) is 1.88. The highest BCUT2D eigenvalue weighted by atomic mass is 28.4. The van der Waals surface area contributed by atoms with Crippen molar-refractivity contribution in [3.8, 4) is 0 Å². The highest BCUT2D eigenvalue weighted by molar-refractivity contribution is 6.74. The van der Waals surface area contributed by atoms with Crippen molar-refractivity contribution in [2.75, 3.05) is 0 Å². The van der Waals surface area contributed by atoms with E-state index < -0.39 is 8.32 Å². The molecule has 2 fully saturated rings. The van der Waals surface area contributed by atoms with Gasteiger partial charge >= 0.3 is 0 Å². The van der Waals surface area contributed by atoms with Gasteiger partial charge in [0.2, 0.25) is 0 Å². The van der Waals surface area contributed by atoms with Gasteiger partial charge in [0.05, 0.1) is 6.10 Å². The fraction of sp³-hybridized carbons (Fsp3) is 0.923. The van der Waals surface area contributed by atoms with E-state index >= 15 is 0 Å². The Morgan fingerprint density at radius 3 is 2.25 bits per heavy atom. The third-order valence-corrected chi connectivity index (χ3v) is 9.38. The Bertz CT molecular complexity index is 304. The Morgan fingerprint density at radius 1 is 1.25 bits per heavy atom. The van der Waals surface area contributed by atoms with Crippen LogP contribution < -0.4 is 0 Å². The number of carbonyl (C=O) groups is 1. The van der Waals surface area contributed by atoms with Crippen LogP contribution in [0.25, 0.3) is 0 Å². The van der Waals surface area contributed by atoms with Crippen molar-refractivity contribution in [1.82, 2.24) is 0 Å².